The van der Waals surface area contributed by atoms with Gasteiger partial charge in [0.05, 0.1) is 0 Å². The van der Waals surface area contributed by atoms with Gasteiger partial charge >= 0.3 is 17.8 Å². The summed E-state index contributed by atoms with van der Waals surface area (Å²) in [6.07, 6.45) is 9.79. The minimum absolute atomic E-state index is 0.106. The Kier molecular flexibility index (Phi) is 5.16. The van der Waals surface area contributed by atoms with Gasteiger partial charge in [0.2, 0.25) is 5.91 Å². The number of imide groups is 2. The van der Waals surface area contributed by atoms with Crippen LogP contribution in [0.15, 0.2) is 0 Å². The minimum atomic E-state index is -0.872. The lowest BCUT2D eigenvalue weighted by atomic mass is 10.1. The molecular weight excluding hydrogens is 310 g/mol. The third-order valence-corrected chi connectivity index (χ3v) is 5.30. The molecular formula is C17H25N3O4. The highest BCUT2D eigenvalue weighted by molar-refractivity contribution is 6.45. The Morgan fingerprint density at radius 3 is 2.08 bits per heavy atom. The lowest BCUT2D eigenvalue weighted by Crippen LogP contribution is -2.45. The molecule has 7 heteroatoms. The number of urea groups is 1. The summed E-state index contributed by atoms with van der Waals surface area (Å²) < 4.78 is 0. The molecule has 7 nitrogen and oxygen atoms in total. The Hall–Kier alpha value is -1.92. The lowest BCUT2D eigenvalue weighted by Gasteiger charge is -2.21. The Morgan fingerprint density at radius 2 is 1.46 bits per heavy atom. The molecule has 3 aliphatic rings. The maximum Gasteiger partial charge on any atom is 0.334 e. The number of hydrogen-bond donors (Lipinski definition) is 1. The molecule has 0 unspecified atom stereocenters. The van der Waals surface area contributed by atoms with Gasteiger partial charge in [0.15, 0.2) is 0 Å². The Bertz CT molecular complexity index is 534. The summed E-state index contributed by atoms with van der Waals surface area (Å²) in [6.45, 7) is -0.358. The van der Waals surface area contributed by atoms with Gasteiger partial charge in [0.25, 0.3) is 0 Å². The SMILES string of the molecule is O=C(CN1C(=O)C(=O)N(C2CCCC2)C1=O)NC1CCCCCC1. The molecule has 24 heavy (non-hydrogen) atoms. The van der Waals surface area contributed by atoms with Crippen molar-refractivity contribution in [3.05, 3.63) is 0 Å². The van der Waals surface area contributed by atoms with Crippen LogP contribution in [0.1, 0.15) is 64.2 Å². The number of nitrogens with zero attached hydrogens (tertiary/aromatic N) is 2. The van der Waals surface area contributed by atoms with Gasteiger partial charge in [-0.15, -0.1) is 0 Å². The molecule has 0 aromatic rings. The highest BCUT2D eigenvalue weighted by atomic mass is 16.2. The number of carbonyl (C=O) groups excluding carboxylic acids is 4. The molecule has 2 saturated carbocycles. The summed E-state index contributed by atoms with van der Waals surface area (Å²) in [5.74, 6) is -2.01. The van der Waals surface area contributed by atoms with E-state index in [1.54, 1.807) is 0 Å². The number of nitrogens with one attached hydrogen (secondary N) is 1. The van der Waals surface area contributed by atoms with Crippen molar-refractivity contribution in [1.29, 1.82) is 0 Å². The summed E-state index contributed by atoms with van der Waals surface area (Å²) in [5.41, 5.74) is 0. The second-order valence-electron chi connectivity index (χ2n) is 7.04. The maximum atomic E-state index is 12.4. The van der Waals surface area contributed by atoms with E-state index in [-0.39, 0.29) is 24.5 Å². The van der Waals surface area contributed by atoms with Gasteiger partial charge in [0.1, 0.15) is 6.54 Å². The van der Waals surface area contributed by atoms with E-state index in [0.717, 1.165) is 61.2 Å². The second-order valence-corrected chi connectivity index (χ2v) is 7.04. The van der Waals surface area contributed by atoms with E-state index >= 15 is 0 Å². The van der Waals surface area contributed by atoms with Crippen LogP contribution in [0.3, 0.4) is 0 Å². The molecule has 1 N–H and O–H groups in total. The van der Waals surface area contributed by atoms with Gasteiger partial charge in [-0.1, -0.05) is 38.5 Å². The van der Waals surface area contributed by atoms with Crippen LogP contribution in [0.4, 0.5) is 4.79 Å². The van der Waals surface area contributed by atoms with E-state index in [4.69, 9.17) is 0 Å². The smallest absolute Gasteiger partial charge is 0.334 e. The Labute approximate surface area is 141 Å². The Morgan fingerprint density at radius 1 is 0.875 bits per heavy atom. The van der Waals surface area contributed by atoms with Crippen LogP contribution >= 0.6 is 0 Å². The molecule has 0 radical (unpaired) electrons. The van der Waals surface area contributed by atoms with Crippen molar-refractivity contribution in [2.24, 2.45) is 0 Å². The van der Waals surface area contributed by atoms with E-state index in [0.29, 0.717) is 0 Å². The molecule has 0 bridgehead atoms. The van der Waals surface area contributed by atoms with Crippen LogP contribution in [0, 0.1) is 0 Å². The van der Waals surface area contributed by atoms with Gasteiger partial charge in [0, 0.05) is 12.1 Å². The summed E-state index contributed by atoms with van der Waals surface area (Å²) in [4.78, 5) is 50.7. The van der Waals surface area contributed by atoms with E-state index < -0.39 is 17.8 Å². The van der Waals surface area contributed by atoms with E-state index in [2.05, 4.69) is 5.32 Å². The first kappa shape index (κ1) is 16.9. The van der Waals surface area contributed by atoms with Crippen LogP contribution in [-0.4, -0.2) is 52.2 Å². The minimum Gasteiger partial charge on any atom is -0.352 e. The molecule has 3 fully saturated rings. The number of carbonyl (C=O) groups is 4. The van der Waals surface area contributed by atoms with Gasteiger partial charge in [-0.2, -0.15) is 0 Å². The standard InChI is InChI=1S/C17H25N3O4/c21-14(18-12-7-3-1-2-4-8-12)11-19-15(22)16(23)20(17(19)24)13-9-5-6-10-13/h12-13H,1-11H2,(H,18,21). The van der Waals surface area contributed by atoms with Crippen LogP contribution < -0.4 is 5.32 Å². The number of rotatable bonds is 4. The second kappa shape index (κ2) is 7.32. The summed E-state index contributed by atoms with van der Waals surface area (Å²) in [7, 11) is 0. The van der Waals surface area contributed by atoms with Gasteiger partial charge in [-0.25, -0.2) is 9.69 Å². The van der Waals surface area contributed by atoms with Crippen molar-refractivity contribution in [2.45, 2.75) is 76.3 Å². The molecule has 2 aliphatic carbocycles. The molecule has 1 saturated heterocycles. The predicted molar refractivity (Wildman–Crippen MR) is 85.8 cm³/mol. The van der Waals surface area contributed by atoms with Crippen molar-refractivity contribution >= 4 is 23.8 Å². The molecule has 0 aromatic heterocycles. The topological polar surface area (TPSA) is 86.8 Å². The summed E-state index contributed by atoms with van der Waals surface area (Å²) in [5, 5.41) is 2.91. The molecule has 1 heterocycles. The third-order valence-electron chi connectivity index (χ3n) is 5.30. The largest absolute Gasteiger partial charge is 0.352 e. The van der Waals surface area contributed by atoms with Crippen LogP contribution in [0.25, 0.3) is 0 Å². The van der Waals surface area contributed by atoms with Crippen LogP contribution in [0.2, 0.25) is 0 Å². The van der Waals surface area contributed by atoms with Crippen molar-refractivity contribution in [3.63, 3.8) is 0 Å². The fourth-order valence-electron chi connectivity index (χ4n) is 3.99. The highest BCUT2D eigenvalue weighted by Crippen LogP contribution is 2.27. The zero-order chi connectivity index (χ0) is 17.1. The Balaban J connectivity index is 1.59. The fraction of sp³-hybridized carbons (Fsp3) is 0.765. The van der Waals surface area contributed by atoms with Crippen LogP contribution in [0.5, 0.6) is 0 Å². The summed E-state index contributed by atoms with van der Waals surface area (Å²) in [6, 6.07) is -0.716. The predicted octanol–water partition coefficient (Wildman–Crippen LogP) is 1.56. The van der Waals surface area contributed by atoms with Crippen molar-refractivity contribution in [2.75, 3.05) is 6.54 Å². The number of hydrogen-bond acceptors (Lipinski definition) is 4. The monoisotopic (exact) mass is 335 g/mol. The van der Waals surface area contributed by atoms with Crippen molar-refractivity contribution in [1.82, 2.24) is 15.1 Å². The molecule has 3 rings (SSSR count). The fourth-order valence-corrected chi connectivity index (χ4v) is 3.99. The summed E-state index contributed by atoms with van der Waals surface area (Å²) >= 11 is 0. The first-order chi connectivity index (χ1) is 11.6. The van der Waals surface area contributed by atoms with Crippen molar-refractivity contribution < 1.29 is 19.2 Å². The first-order valence-corrected chi connectivity index (χ1v) is 9.06. The molecule has 0 atom stereocenters. The zero-order valence-electron chi connectivity index (χ0n) is 14.0. The normalized spacial score (nSPS) is 23.9. The van der Waals surface area contributed by atoms with Crippen LogP contribution in [-0.2, 0) is 14.4 Å². The number of amides is 5. The molecule has 5 amide bonds. The molecule has 1 aliphatic heterocycles. The van der Waals surface area contributed by atoms with E-state index in [1.165, 1.54) is 12.8 Å². The van der Waals surface area contributed by atoms with E-state index in [1.807, 2.05) is 0 Å². The van der Waals surface area contributed by atoms with Gasteiger partial charge in [-0.05, 0) is 25.7 Å². The highest BCUT2D eigenvalue weighted by Gasteiger charge is 2.48. The van der Waals surface area contributed by atoms with E-state index in [9.17, 15) is 19.2 Å². The average Bonchev–Trinajstić information content (AvgIpc) is 3.04. The zero-order valence-corrected chi connectivity index (χ0v) is 14.0. The first-order valence-electron chi connectivity index (χ1n) is 9.06. The molecule has 132 valence electrons. The van der Waals surface area contributed by atoms with Gasteiger partial charge < -0.3 is 5.32 Å². The lowest BCUT2D eigenvalue weighted by molar-refractivity contribution is -0.144. The average molecular weight is 335 g/mol. The van der Waals surface area contributed by atoms with Crippen molar-refractivity contribution in [3.8, 4) is 0 Å². The van der Waals surface area contributed by atoms with Gasteiger partial charge in [-0.3, -0.25) is 19.3 Å². The quantitative estimate of drug-likeness (QED) is 0.480. The molecule has 0 aromatic carbocycles. The molecule has 0 spiro atoms. The maximum absolute atomic E-state index is 12.4. The third kappa shape index (κ3) is 3.44.